The normalized spacial score (nSPS) is 18.0. The summed E-state index contributed by atoms with van der Waals surface area (Å²) in [5, 5.41) is 4.72. The fraction of sp³-hybridized carbons (Fsp3) is 0.364. The highest BCUT2D eigenvalue weighted by Crippen LogP contribution is 2.38. The molecule has 1 N–H and O–H groups in total. The summed E-state index contributed by atoms with van der Waals surface area (Å²) in [5.74, 6) is 0.234. The van der Waals surface area contributed by atoms with Crippen LogP contribution in [0, 0.1) is 19.7 Å². The maximum Gasteiger partial charge on any atom is 0.497 e. The van der Waals surface area contributed by atoms with E-state index in [2.05, 4.69) is 5.32 Å². The highest BCUT2D eigenvalue weighted by Gasteiger charge is 2.52. The Bertz CT molecular complexity index is 1770. The second-order valence-electron chi connectivity index (χ2n) is 12.5. The van der Waals surface area contributed by atoms with E-state index in [1.54, 1.807) is 19.1 Å². The number of halogens is 2. The van der Waals surface area contributed by atoms with E-state index < -0.39 is 18.3 Å². The molecule has 218 valence electrons. The van der Waals surface area contributed by atoms with Crippen molar-refractivity contribution in [3.8, 4) is 0 Å². The first kappa shape index (κ1) is 28.8. The van der Waals surface area contributed by atoms with Gasteiger partial charge < -0.3 is 23.9 Å². The predicted molar refractivity (Wildman–Crippen MR) is 167 cm³/mol. The minimum absolute atomic E-state index is 0.0741. The Balaban J connectivity index is 1.39. The molecular weight excluding hydrogens is 554 g/mol. The van der Waals surface area contributed by atoms with Crippen LogP contribution >= 0.6 is 11.6 Å². The molecular formula is C33H35BClFN2O4. The Morgan fingerprint density at radius 2 is 1.67 bits per heavy atom. The summed E-state index contributed by atoms with van der Waals surface area (Å²) in [4.78, 5) is 15.7. The lowest BCUT2D eigenvalue weighted by molar-refractivity contribution is 0.00578. The largest absolute Gasteiger partial charge is 0.497 e. The van der Waals surface area contributed by atoms with Gasteiger partial charge in [0, 0.05) is 34.8 Å². The van der Waals surface area contributed by atoms with Crippen molar-refractivity contribution in [1.82, 2.24) is 0 Å². The number of nitrogens with zero attached hydrogens (tertiary/aromatic N) is 1. The molecule has 42 heavy (non-hydrogen) atoms. The van der Waals surface area contributed by atoms with Crippen molar-refractivity contribution in [2.75, 3.05) is 10.2 Å². The number of benzene rings is 3. The standard InChI is InChI=1S/C33H35BClFN2O4/c1-18-12-25(20(3)37-28-11-9-23(35)15-27(28)34-41-32(4,5)33(6,7)42-34)30-26(13-18)29(39)19(2)31(40-30)38-16-21-8-10-24(36)14-22(21)17-38/h8-15,20,37H,16-17H2,1-7H3/t20-/m1/s1. The fourth-order valence-corrected chi connectivity index (χ4v) is 6.01. The van der Waals surface area contributed by atoms with Gasteiger partial charge in [-0.3, -0.25) is 4.79 Å². The van der Waals surface area contributed by atoms with Gasteiger partial charge in [-0.15, -0.1) is 0 Å². The quantitative estimate of drug-likeness (QED) is 0.249. The van der Waals surface area contributed by atoms with E-state index in [-0.39, 0.29) is 17.3 Å². The molecule has 0 saturated carbocycles. The van der Waals surface area contributed by atoms with Crippen LogP contribution in [0.2, 0.25) is 5.02 Å². The van der Waals surface area contributed by atoms with E-state index >= 15 is 0 Å². The van der Waals surface area contributed by atoms with Gasteiger partial charge in [0.1, 0.15) is 11.4 Å². The van der Waals surface area contributed by atoms with Crippen LogP contribution in [-0.4, -0.2) is 18.3 Å². The van der Waals surface area contributed by atoms with E-state index in [0.717, 1.165) is 33.4 Å². The van der Waals surface area contributed by atoms with Gasteiger partial charge in [0.2, 0.25) is 5.88 Å². The maximum absolute atomic E-state index is 13.9. The SMILES string of the molecule is Cc1cc([C@@H](C)Nc2ccc(Cl)cc2B2OC(C)(C)C(C)(C)O2)c2oc(N3Cc4ccc(F)cc4C3)c(C)c(=O)c2c1. The van der Waals surface area contributed by atoms with Crippen molar-refractivity contribution < 1.29 is 18.1 Å². The molecule has 0 spiro atoms. The van der Waals surface area contributed by atoms with Crippen molar-refractivity contribution >= 4 is 46.7 Å². The molecule has 2 aliphatic heterocycles. The van der Waals surface area contributed by atoms with Gasteiger partial charge >= 0.3 is 7.12 Å². The summed E-state index contributed by atoms with van der Waals surface area (Å²) in [7, 11) is -0.605. The molecule has 3 aromatic carbocycles. The number of aryl methyl sites for hydroxylation is 1. The molecule has 0 aliphatic carbocycles. The summed E-state index contributed by atoms with van der Waals surface area (Å²) in [6.45, 7) is 14.9. The average molecular weight is 589 g/mol. The number of nitrogens with one attached hydrogen (secondary N) is 1. The van der Waals surface area contributed by atoms with Gasteiger partial charge in [0.15, 0.2) is 5.43 Å². The van der Waals surface area contributed by atoms with Crippen LogP contribution in [0.15, 0.2) is 57.7 Å². The smallest absolute Gasteiger partial charge is 0.440 e. The number of anilines is 2. The molecule has 6 rings (SSSR count). The van der Waals surface area contributed by atoms with Gasteiger partial charge in [-0.2, -0.15) is 0 Å². The van der Waals surface area contributed by atoms with E-state index in [0.29, 0.717) is 40.5 Å². The van der Waals surface area contributed by atoms with E-state index in [9.17, 15) is 9.18 Å². The van der Waals surface area contributed by atoms with Gasteiger partial charge in [0.05, 0.1) is 28.2 Å². The zero-order valence-corrected chi connectivity index (χ0v) is 25.8. The molecule has 6 nitrogen and oxygen atoms in total. The molecule has 1 saturated heterocycles. The summed E-state index contributed by atoms with van der Waals surface area (Å²) in [6, 6.07) is 14.1. The minimum Gasteiger partial charge on any atom is -0.440 e. The summed E-state index contributed by atoms with van der Waals surface area (Å²) in [6.07, 6.45) is 0. The van der Waals surface area contributed by atoms with Crippen molar-refractivity contribution in [2.24, 2.45) is 0 Å². The Morgan fingerprint density at radius 3 is 2.38 bits per heavy atom. The van der Waals surface area contributed by atoms with Crippen LogP contribution in [0.25, 0.3) is 11.0 Å². The minimum atomic E-state index is -0.605. The number of fused-ring (bicyclic) bond motifs is 2. The second-order valence-corrected chi connectivity index (χ2v) is 13.0. The van der Waals surface area contributed by atoms with Crippen molar-refractivity contribution in [3.63, 3.8) is 0 Å². The average Bonchev–Trinajstić information content (AvgIpc) is 3.42. The first-order valence-corrected chi connectivity index (χ1v) is 14.6. The van der Waals surface area contributed by atoms with E-state index in [4.69, 9.17) is 25.3 Å². The molecule has 2 aliphatic rings. The Labute approximate surface area is 250 Å². The number of rotatable bonds is 5. The molecule has 1 atom stereocenters. The molecule has 3 heterocycles. The van der Waals surface area contributed by atoms with Crippen molar-refractivity contribution in [3.05, 3.63) is 97.4 Å². The molecule has 1 aromatic heterocycles. The lowest BCUT2D eigenvalue weighted by atomic mass is 9.77. The zero-order chi connectivity index (χ0) is 30.1. The van der Waals surface area contributed by atoms with E-state index in [1.165, 1.54) is 6.07 Å². The third-order valence-electron chi connectivity index (χ3n) is 8.90. The molecule has 1 fully saturated rings. The lowest BCUT2D eigenvalue weighted by Gasteiger charge is -2.32. The molecule has 0 unspecified atom stereocenters. The first-order chi connectivity index (χ1) is 19.7. The van der Waals surface area contributed by atoms with Crippen molar-refractivity contribution in [1.29, 1.82) is 0 Å². The van der Waals surface area contributed by atoms with Crippen LogP contribution in [-0.2, 0) is 22.4 Å². The summed E-state index contributed by atoms with van der Waals surface area (Å²) >= 11 is 6.43. The molecule has 0 amide bonds. The zero-order valence-electron chi connectivity index (χ0n) is 25.0. The summed E-state index contributed by atoms with van der Waals surface area (Å²) < 4.78 is 33.2. The second kappa shape index (κ2) is 10.1. The van der Waals surface area contributed by atoms with Crippen LogP contribution < -0.4 is 21.1 Å². The Morgan fingerprint density at radius 1 is 0.976 bits per heavy atom. The third-order valence-corrected chi connectivity index (χ3v) is 9.14. The van der Waals surface area contributed by atoms with Crippen LogP contribution in [0.4, 0.5) is 16.0 Å². The maximum atomic E-state index is 13.9. The fourth-order valence-electron chi connectivity index (χ4n) is 5.83. The molecule has 4 aromatic rings. The van der Waals surface area contributed by atoms with Crippen molar-refractivity contribution in [2.45, 2.75) is 78.8 Å². The first-order valence-electron chi connectivity index (χ1n) is 14.3. The highest BCUT2D eigenvalue weighted by molar-refractivity contribution is 6.64. The highest BCUT2D eigenvalue weighted by atomic mass is 35.5. The molecule has 0 bridgehead atoms. The third kappa shape index (κ3) is 4.89. The number of hydrogen-bond donors (Lipinski definition) is 1. The van der Waals surface area contributed by atoms with Gasteiger partial charge in [-0.25, -0.2) is 4.39 Å². The number of hydrogen-bond acceptors (Lipinski definition) is 6. The Kier molecular flexibility index (Phi) is 6.95. The monoisotopic (exact) mass is 588 g/mol. The topological polar surface area (TPSA) is 63.9 Å². The lowest BCUT2D eigenvalue weighted by Crippen LogP contribution is -2.41. The Hall–Kier alpha value is -3.33. The molecule has 9 heteroatoms. The van der Waals surface area contributed by atoms with Crippen LogP contribution in [0.1, 0.15) is 68.5 Å². The van der Waals surface area contributed by atoms with Gasteiger partial charge in [-0.05, 0) is 102 Å². The van der Waals surface area contributed by atoms with E-state index in [1.807, 2.05) is 76.8 Å². The summed E-state index contributed by atoms with van der Waals surface area (Å²) in [5.41, 5.74) is 5.31. The predicted octanol–water partition coefficient (Wildman–Crippen LogP) is 7.19. The van der Waals surface area contributed by atoms with Gasteiger partial charge in [0.25, 0.3) is 0 Å². The van der Waals surface area contributed by atoms with Crippen LogP contribution in [0.3, 0.4) is 0 Å². The molecule has 0 radical (unpaired) electrons. The van der Waals surface area contributed by atoms with Crippen LogP contribution in [0.5, 0.6) is 0 Å². The van der Waals surface area contributed by atoms with Gasteiger partial charge in [-0.1, -0.05) is 23.7 Å².